The summed E-state index contributed by atoms with van der Waals surface area (Å²) >= 11 is 0. The monoisotopic (exact) mass is 1070 g/mol. The molecule has 1 heterocycles. The van der Waals surface area contributed by atoms with Crippen LogP contribution >= 0.6 is 0 Å². The van der Waals surface area contributed by atoms with Crippen molar-refractivity contribution in [3.8, 4) is 0 Å². The number of ether oxygens (including phenoxy) is 2. The number of allylic oxidation sites excluding steroid dienone is 3. The number of anilines is 6. The molecule has 28 unspecified atom stereocenters. The lowest BCUT2D eigenvalue weighted by atomic mass is 9.41. The molecule has 81 heavy (non-hydrogen) atoms. The highest BCUT2D eigenvalue weighted by molar-refractivity contribution is 5.81. The molecule has 14 fully saturated rings. The molecule has 16 aliphatic carbocycles. The lowest BCUT2D eigenvalue weighted by Crippen LogP contribution is -2.59. The summed E-state index contributed by atoms with van der Waals surface area (Å²) in [6, 6.07) is 53.1. The number of hydrogen-bond acceptors (Lipinski definition) is 5. The average molecular weight is 1070 g/mol. The Morgan fingerprint density at radius 2 is 0.938 bits per heavy atom. The van der Waals surface area contributed by atoms with Gasteiger partial charge in [-0.2, -0.15) is 0 Å². The third kappa shape index (κ3) is 5.22. The second-order valence-electron chi connectivity index (χ2n) is 31.0. The van der Waals surface area contributed by atoms with Gasteiger partial charge in [0.15, 0.2) is 0 Å². The van der Waals surface area contributed by atoms with E-state index in [9.17, 15) is 0 Å². The molecule has 5 nitrogen and oxygen atoms in total. The Morgan fingerprint density at radius 3 is 1.54 bits per heavy atom. The third-order valence-electron chi connectivity index (χ3n) is 29.8. The Labute approximate surface area is 479 Å². The Bertz CT molecular complexity index is 3480. The molecule has 0 amide bonds. The minimum absolute atomic E-state index is 0.286. The number of rotatable bonds is 13. The first-order valence-corrected chi connectivity index (χ1v) is 33.4. The van der Waals surface area contributed by atoms with Crippen molar-refractivity contribution in [1.82, 2.24) is 4.90 Å². The maximum atomic E-state index is 6.58. The van der Waals surface area contributed by atoms with Crippen LogP contribution in [-0.2, 0) is 9.47 Å². The summed E-state index contributed by atoms with van der Waals surface area (Å²) in [5.41, 5.74) is 17.6. The van der Waals surface area contributed by atoms with Crippen LogP contribution in [-0.4, -0.2) is 44.9 Å². The molecule has 0 bridgehead atoms. The highest BCUT2D eigenvalue weighted by atomic mass is 16.5. The van der Waals surface area contributed by atoms with Crippen LogP contribution in [0.3, 0.4) is 0 Å². The van der Waals surface area contributed by atoms with E-state index in [1.807, 2.05) is 7.11 Å². The molecule has 17 aliphatic rings. The van der Waals surface area contributed by atoms with E-state index >= 15 is 0 Å². The summed E-state index contributed by atoms with van der Waals surface area (Å²) in [7, 11) is 1.83. The number of benzene rings is 5. The molecule has 1 aliphatic heterocycles. The van der Waals surface area contributed by atoms with Crippen molar-refractivity contribution in [2.24, 2.45) is 159 Å². The van der Waals surface area contributed by atoms with Crippen molar-refractivity contribution in [2.45, 2.75) is 57.4 Å². The van der Waals surface area contributed by atoms with Crippen LogP contribution in [0.4, 0.5) is 34.1 Å². The Kier molecular flexibility index (Phi) is 8.80. The largest absolute Gasteiger partial charge is 0.382 e. The number of methoxy groups -OCH3 is 1. The SMILES string of the molecule is COCCOCCN1CC2C3=C4C5C6=C(C3)CC3CC7CC8CC9CC%10CC%11CC2(C2C4C4C5C5C(C63)C7C3C8C9C6C%10C(C4C6C35)C%112)C1c1ccc(N(c2ccccc2)c2ccc(N(c3ccccc3)c3ccccc3)cc2)cc1. The summed E-state index contributed by atoms with van der Waals surface area (Å²) in [4.78, 5) is 7.99. The molecule has 5 aromatic carbocycles. The first-order chi connectivity index (χ1) is 40.2. The van der Waals surface area contributed by atoms with Gasteiger partial charge in [-0.25, -0.2) is 0 Å². The summed E-state index contributed by atoms with van der Waals surface area (Å²) < 4.78 is 12.2. The summed E-state index contributed by atoms with van der Waals surface area (Å²) in [6.07, 6.45) is 12.6. The molecule has 5 aromatic rings. The predicted octanol–water partition coefficient (Wildman–Crippen LogP) is 15.6. The van der Waals surface area contributed by atoms with Gasteiger partial charge >= 0.3 is 0 Å². The van der Waals surface area contributed by atoms with Gasteiger partial charge in [0.05, 0.1) is 19.8 Å². The van der Waals surface area contributed by atoms with Gasteiger partial charge in [0.2, 0.25) is 0 Å². The number of nitrogens with zero attached hydrogens (tertiary/aromatic N) is 3. The fourth-order valence-corrected chi connectivity index (χ4v) is 29.8. The van der Waals surface area contributed by atoms with Gasteiger partial charge in [0.1, 0.15) is 0 Å². The fraction of sp³-hybridized carbons (Fsp3) is 0.553. The molecule has 0 N–H and O–H groups in total. The zero-order valence-electron chi connectivity index (χ0n) is 47.2. The topological polar surface area (TPSA) is 28.2 Å². The van der Waals surface area contributed by atoms with Crippen LogP contribution in [0.2, 0.25) is 0 Å². The number of likely N-dealkylation sites (tertiary alicyclic amines) is 1. The second kappa shape index (κ2) is 15.7. The minimum Gasteiger partial charge on any atom is -0.382 e. The zero-order valence-corrected chi connectivity index (χ0v) is 47.2. The first kappa shape index (κ1) is 45.5. The lowest BCUT2D eigenvalue weighted by molar-refractivity contribution is -0.149. The summed E-state index contributed by atoms with van der Waals surface area (Å²) in [5.74, 6) is 26.5. The fourth-order valence-electron chi connectivity index (χ4n) is 29.8. The van der Waals surface area contributed by atoms with Crippen molar-refractivity contribution in [3.63, 3.8) is 0 Å². The van der Waals surface area contributed by atoms with Gasteiger partial charge in [-0.1, -0.05) is 89.0 Å². The highest BCUT2D eigenvalue weighted by Crippen LogP contribution is 2.93. The molecule has 0 aromatic heterocycles. The van der Waals surface area contributed by atoms with Crippen LogP contribution in [0.1, 0.15) is 63.0 Å². The molecule has 5 heteroatoms. The summed E-state index contributed by atoms with van der Waals surface area (Å²) in [6.45, 7) is 4.41. The quantitative estimate of drug-likeness (QED) is 0.0865. The summed E-state index contributed by atoms with van der Waals surface area (Å²) in [5, 5.41) is 0. The lowest BCUT2D eigenvalue weighted by Gasteiger charge is -2.62. The average Bonchev–Trinajstić information content (AvgIpc) is 1.62. The number of fused-ring (bicyclic) bond motifs is 1. The highest BCUT2D eigenvalue weighted by Gasteiger charge is 2.88. The minimum atomic E-state index is 0.286. The smallest absolute Gasteiger partial charge is 0.0700 e. The molecule has 1 spiro atoms. The Balaban J connectivity index is 0.703. The molecule has 13 saturated carbocycles. The van der Waals surface area contributed by atoms with E-state index in [2.05, 4.69) is 177 Å². The first-order valence-electron chi connectivity index (χ1n) is 33.4. The molecule has 28 atom stereocenters. The molecular formula is C76H79N3O2. The molecule has 410 valence electrons. The standard InChI is InChI=1S/C76H79N3O2/c1-80-27-28-81-26-25-77-37-53-52-35-44-33-41-31-42-30-39-29-40-32-43-34-45-36-76(53,74-60(45)65-59(43)64-55(40)54(39)62-58(42)63-56(41)57(44)66-61(52)73(74)72-70(65)68(64)67(62)69(63)71(66)72)75(77)38-17-19-49(20-18-38)79(48-15-9-4-10-16-48)51-23-21-50(22-24-51)78(46-11-5-2-6-12-46)47-13-7-3-8-14-47/h2-24,39-43,45,53-56,58-60,62-75H,25-37H2,1H3. The van der Waals surface area contributed by atoms with Gasteiger partial charge in [-0.3, -0.25) is 4.90 Å². The molecular weight excluding hydrogens is 987 g/mol. The van der Waals surface area contributed by atoms with E-state index in [0.717, 1.165) is 178 Å². The van der Waals surface area contributed by atoms with Gasteiger partial charge in [-0.05, 0) is 272 Å². The van der Waals surface area contributed by atoms with E-state index in [4.69, 9.17) is 9.47 Å². The molecule has 22 rings (SSSR count). The van der Waals surface area contributed by atoms with Crippen molar-refractivity contribution in [1.29, 1.82) is 0 Å². The molecule has 0 radical (unpaired) electrons. The predicted molar refractivity (Wildman–Crippen MR) is 317 cm³/mol. The van der Waals surface area contributed by atoms with Crippen molar-refractivity contribution in [2.75, 3.05) is 49.8 Å². The van der Waals surface area contributed by atoms with Gasteiger partial charge in [-0.15, -0.1) is 0 Å². The van der Waals surface area contributed by atoms with Crippen LogP contribution in [0, 0.1) is 159 Å². The Morgan fingerprint density at radius 1 is 0.457 bits per heavy atom. The van der Waals surface area contributed by atoms with Crippen molar-refractivity contribution >= 4 is 34.1 Å². The van der Waals surface area contributed by atoms with E-state index in [0.29, 0.717) is 25.2 Å². The van der Waals surface area contributed by atoms with E-state index < -0.39 is 0 Å². The van der Waals surface area contributed by atoms with Crippen LogP contribution in [0.15, 0.2) is 162 Å². The van der Waals surface area contributed by atoms with Crippen LogP contribution in [0.5, 0.6) is 0 Å². The van der Waals surface area contributed by atoms with E-state index in [-0.39, 0.29) is 5.41 Å². The second-order valence-corrected chi connectivity index (χ2v) is 31.0. The van der Waals surface area contributed by atoms with Gasteiger partial charge in [0.25, 0.3) is 0 Å². The van der Waals surface area contributed by atoms with E-state index in [1.165, 1.54) is 42.9 Å². The van der Waals surface area contributed by atoms with Crippen molar-refractivity contribution < 1.29 is 9.47 Å². The van der Waals surface area contributed by atoms with Crippen LogP contribution < -0.4 is 9.80 Å². The maximum Gasteiger partial charge on any atom is 0.0700 e. The molecule has 1 saturated heterocycles. The van der Waals surface area contributed by atoms with Gasteiger partial charge in [0, 0.05) is 77.6 Å². The maximum absolute atomic E-state index is 6.58. The van der Waals surface area contributed by atoms with Crippen molar-refractivity contribution in [3.05, 3.63) is 167 Å². The van der Waals surface area contributed by atoms with E-state index in [1.54, 1.807) is 37.7 Å². The zero-order chi connectivity index (χ0) is 52.0. The third-order valence-corrected chi connectivity index (χ3v) is 29.8. The van der Waals surface area contributed by atoms with Gasteiger partial charge < -0.3 is 19.3 Å². The Hall–Kier alpha value is -4.94. The van der Waals surface area contributed by atoms with Crippen LogP contribution in [0.25, 0.3) is 0 Å². The number of hydrogen-bond donors (Lipinski definition) is 0. The normalized spacial score (nSPS) is 48.7. The number of para-hydroxylation sites is 3.